The molecule has 2 aromatic rings. The molecule has 1 atom stereocenters. The highest BCUT2D eigenvalue weighted by atomic mass is 19.4. The van der Waals surface area contributed by atoms with E-state index in [2.05, 4.69) is 30.9 Å². The molecule has 3 heterocycles. The van der Waals surface area contributed by atoms with Gasteiger partial charge in [0.1, 0.15) is 17.5 Å². The number of hydrogen-bond acceptors (Lipinski definition) is 8. The van der Waals surface area contributed by atoms with Crippen molar-refractivity contribution in [3.63, 3.8) is 0 Å². The number of nitrogens with zero attached hydrogens (tertiary/aromatic N) is 4. The minimum atomic E-state index is -4.57. The largest absolute Gasteiger partial charge is 0.490 e. The van der Waals surface area contributed by atoms with Crippen LogP contribution in [0.2, 0.25) is 0 Å². The van der Waals surface area contributed by atoms with E-state index in [1.165, 1.54) is 13.2 Å². The molecular formula is C18H20F3N7O. The molecule has 0 amide bonds. The monoisotopic (exact) mass is 407 g/mol. The maximum Gasteiger partial charge on any atom is 0.421 e. The zero-order valence-corrected chi connectivity index (χ0v) is 15.7. The molecular weight excluding hydrogens is 387 g/mol. The van der Waals surface area contributed by atoms with Gasteiger partial charge in [-0.15, -0.1) is 0 Å². The lowest BCUT2D eigenvalue weighted by atomic mass is 10.0. The molecule has 0 spiro atoms. The third kappa shape index (κ3) is 5.23. The van der Waals surface area contributed by atoms with Crippen LogP contribution in [0.4, 0.5) is 30.6 Å². The fraction of sp³-hybridized carbons (Fsp3) is 0.444. The zero-order chi connectivity index (χ0) is 20.9. The molecule has 0 bridgehead atoms. The van der Waals surface area contributed by atoms with Gasteiger partial charge in [0.2, 0.25) is 5.95 Å². The van der Waals surface area contributed by atoms with Crippen molar-refractivity contribution in [1.82, 2.24) is 20.3 Å². The Morgan fingerprint density at radius 2 is 2.17 bits per heavy atom. The molecule has 2 aromatic heterocycles. The van der Waals surface area contributed by atoms with Crippen LogP contribution in [0.15, 0.2) is 18.5 Å². The van der Waals surface area contributed by atoms with Crippen molar-refractivity contribution in [3.8, 4) is 11.8 Å². The molecule has 0 radical (unpaired) electrons. The summed E-state index contributed by atoms with van der Waals surface area (Å²) in [6.45, 7) is 2.27. The Hall–Kier alpha value is -3.13. The third-order valence-electron chi connectivity index (χ3n) is 4.42. The molecule has 3 rings (SSSR count). The van der Waals surface area contributed by atoms with Crippen LogP contribution in [0.3, 0.4) is 0 Å². The summed E-state index contributed by atoms with van der Waals surface area (Å²) in [7, 11) is 1.34. The van der Waals surface area contributed by atoms with Crippen LogP contribution < -0.4 is 20.7 Å². The summed E-state index contributed by atoms with van der Waals surface area (Å²) in [5.41, 5.74) is -0.445. The second kappa shape index (κ2) is 8.91. The highest BCUT2D eigenvalue weighted by Gasteiger charge is 2.35. The van der Waals surface area contributed by atoms with Crippen LogP contribution in [-0.4, -0.2) is 41.7 Å². The maximum absolute atomic E-state index is 13.0. The Kier molecular flexibility index (Phi) is 6.33. The number of halogens is 3. The third-order valence-corrected chi connectivity index (χ3v) is 4.42. The van der Waals surface area contributed by atoms with Crippen molar-refractivity contribution >= 4 is 17.5 Å². The van der Waals surface area contributed by atoms with Crippen molar-refractivity contribution in [2.75, 3.05) is 37.4 Å². The number of aromatic nitrogens is 3. The number of ether oxygens (including phenoxy) is 1. The normalized spacial score (nSPS) is 16.7. The van der Waals surface area contributed by atoms with Crippen molar-refractivity contribution < 1.29 is 17.9 Å². The molecule has 8 nitrogen and oxygen atoms in total. The number of piperidine rings is 1. The molecule has 154 valence electrons. The van der Waals surface area contributed by atoms with Crippen molar-refractivity contribution in [3.05, 3.63) is 29.7 Å². The topological polar surface area (TPSA) is 108 Å². The maximum atomic E-state index is 13.0. The Bertz CT molecular complexity index is 892. The fourth-order valence-corrected chi connectivity index (χ4v) is 2.95. The first-order valence-electron chi connectivity index (χ1n) is 9.03. The van der Waals surface area contributed by atoms with Gasteiger partial charge in [-0.25, -0.2) is 9.97 Å². The minimum Gasteiger partial charge on any atom is -0.490 e. The van der Waals surface area contributed by atoms with E-state index in [0.717, 1.165) is 25.9 Å². The van der Waals surface area contributed by atoms with E-state index in [4.69, 9.17) is 4.74 Å². The van der Waals surface area contributed by atoms with Crippen molar-refractivity contribution in [2.24, 2.45) is 5.92 Å². The Morgan fingerprint density at radius 3 is 2.83 bits per heavy atom. The lowest BCUT2D eigenvalue weighted by Crippen LogP contribution is -2.33. The Labute approximate surface area is 165 Å². The summed E-state index contributed by atoms with van der Waals surface area (Å²) in [6.07, 6.45) is -0.397. The van der Waals surface area contributed by atoms with E-state index < -0.39 is 11.7 Å². The van der Waals surface area contributed by atoms with E-state index in [1.54, 1.807) is 6.07 Å². The van der Waals surface area contributed by atoms with Crippen LogP contribution in [-0.2, 0) is 6.18 Å². The summed E-state index contributed by atoms with van der Waals surface area (Å²) in [4.78, 5) is 11.6. The molecule has 0 aromatic carbocycles. The SMILES string of the molecule is CNc1nc(Nc2cnc(C#N)c(OC[C@@H]3CCCNC3)c2)ncc1C(F)(F)F. The summed E-state index contributed by atoms with van der Waals surface area (Å²) >= 11 is 0. The smallest absolute Gasteiger partial charge is 0.421 e. The zero-order valence-electron chi connectivity index (χ0n) is 15.7. The number of pyridine rings is 1. The Morgan fingerprint density at radius 1 is 1.34 bits per heavy atom. The van der Waals surface area contributed by atoms with E-state index in [0.29, 0.717) is 30.2 Å². The van der Waals surface area contributed by atoms with Crippen LogP contribution in [0.25, 0.3) is 0 Å². The molecule has 1 saturated heterocycles. The lowest BCUT2D eigenvalue weighted by molar-refractivity contribution is -0.137. The second-order valence-corrected chi connectivity index (χ2v) is 6.53. The van der Waals surface area contributed by atoms with Gasteiger partial charge >= 0.3 is 6.18 Å². The number of hydrogen-bond donors (Lipinski definition) is 3. The molecule has 3 N–H and O–H groups in total. The standard InChI is InChI=1S/C18H20F3N7O/c1-23-16-13(18(19,20)21)9-26-17(28-16)27-12-5-15(14(6-22)25-8-12)29-10-11-3-2-4-24-7-11/h5,8-9,11,24H,2-4,7,10H2,1H3,(H2,23,26,27,28)/t11-/m1/s1. The average molecular weight is 407 g/mol. The van der Waals surface area contributed by atoms with E-state index in [1.807, 2.05) is 6.07 Å². The predicted octanol–water partition coefficient (Wildman–Crippen LogP) is 2.93. The summed E-state index contributed by atoms with van der Waals surface area (Å²) < 4.78 is 44.7. The molecule has 1 fully saturated rings. The number of nitriles is 1. The van der Waals surface area contributed by atoms with Gasteiger partial charge < -0.3 is 20.7 Å². The Balaban J connectivity index is 1.76. The average Bonchev–Trinajstić information content (AvgIpc) is 2.72. The summed E-state index contributed by atoms with van der Waals surface area (Å²) in [5, 5.41) is 17.7. The number of anilines is 3. The quantitative estimate of drug-likeness (QED) is 0.671. The molecule has 0 unspecified atom stereocenters. The van der Waals surface area contributed by atoms with Gasteiger partial charge in [0.15, 0.2) is 11.4 Å². The van der Waals surface area contributed by atoms with E-state index in [9.17, 15) is 18.4 Å². The minimum absolute atomic E-state index is 0.0451. The van der Waals surface area contributed by atoms with Gasteiger partial charge in [-0.1, -0.05) is 0 Å². The van der Waals surface area contributed by atoms with Crippen LogP contribution in [0.1, 0.15) is 24.1 Å². The second-order valence-electron chi connectivity index (χ2n) is 6.53. The highest BCUT2D eigenvalue weighted by molar-refractivity contribution is 5.59. The predicted molar refractivity (Wildman–Crippen MR) is 99.9 cm³/mol. The summed E-state index contributed by atoms with van der Waals surface area (Å²) in [6, 6.07) is 3.53. The molecule has 1 aliphatic rings. The van der Waals surface area contributed by atoms with Gasteiger partial charge in [0.25, 0.3) is 0 Å². The number of rotatable bonds is 6. The number of nitrogens with one attached hydrogen (secondary N) is 3. The first-order valence-corrected chi connectivity index (χ1v) is 9.03. The first kappa shape index (κ1) is 20.6. The molecule has 29 heavy (non-hydrogen) atoms. The van der Waals surface area contributed by atoms with Crippen molar-refractivity contribution in [2.45, 2.75) is 19.0 Å². The van der Waals surface area contributed by atoms with Gasteiger partial charge in [-0.3, -0.25) is 0 Å². The number of alkyl halides is 3. The molecule has 11 heteroatoms. The van der Waals surface area contributed by atoms with E-state index >= 15 is 0 Å². The first-order chi connectivity index (χ1) is 13.9. The van der Waals surface area contributed by atoms with Crippen LogP contribution >= 0.6 is 0 Å². The van der Waals surface area contributed by atoms with Crippen molar-refractivity contribution in [1.29, 1.82) is 5.26 Å². The fourth-order valence-electron chi connectivity index (χ4n) is 2.95. The van der Waals surface area contributed by atoms with Gasteiger partial charge in [0.05, 0.1) is 18.5 Å². The highest BCUT2D eigenvalue weighted by Crippen LogP contribution is 2.34. The van der Waals surface area contributed by atoms with Gasteiger partial charge in [0, 0.05) is 31.8 Å². The molecule has 1 aliphatic heterocycles. The van der Waals surface area contributed by atoms with Crippen LogP contribution in [0, 0.1) is 17.2 Å². The van der Waals surface area contributed by atoms with Crippen LogP contribution in [0.5, 0.6) is 5.75 Å². The van der Waals surface area contributed by atoms with Gasteiger partial charge in [-0.05, 0) is 19.4 Å². The summed E-state index contributed by atoms with van der Waals surface area (Å²) in [5.74, 6) is 0.237. The molecule has 0 aliphatic carbocycles. The van der Waals surface area contributed by atoms with Gasteiger partial charge in [-0.2, -0.15) is 23.4 Å². The molecule has 0 saturated carbocycles. The van der Waals surface area contributed by atoms with E-state index in [-0.39, 0.29) is 17.5 Å². The lowest BCUT2D eigenvalue weighted by Gasteiger charge is -2.23.